The third-order valence-electron chi connectivity index (χ3n) is 3.05. The predicted octanol–water partition coefficient (Wildman–Crippen LogP) is 2.18. The topological polar surface area (TPSA) is 66.8 Å². The number of hydrogen-bond acceptors (Lipinski definition) is 4. The first kappa shape index (κ1) is 14.2. The molecule has 1 aromatic carbocycles. The SMILES string of the molecule is O=C=NC1CCCCN1S(=O)(=O)c1ccc(Cl)cc1. The molecule has 0 amide bonds. The van der Waals surface area contributed by atoms with E-state index in [1.54, 1.807) is 0 Å². The van der Waals surface area contributed by atoms with Crippen molar-refractivity contribution in [3.05, 3.63) is 29.3 Å². The summed E-state index contributed by atoms with van der Waals surface area (Å²) in [4.78, 5) is 14.1. The molecule has 1 heterocycles. The molecule has 0 bridgehead atoms. The molecule has 0 N–H and O–H groups in total. The molecular formula is C12H13ClN2O3S. The number of benzene rings is 1. The first-order valence-electron chi connectivity index (χ1n) is 5.90. The van der Waals surface area contributed by atoms with Crippen molar-refractivity contribution in [1.29, 1.82) is 0 Å². The predicted molar refractivity (Wildman–Crippen MR) is 71.1 cm³/mol. The lowest BCUT2D eigenvalue weighted by Gasteiger charge is -2.31. The number of sulfonamides is 1. The Hall–Kier alpha value is -1.20. The van der Waals surface area contributed by atoms with Gasteiger partial charge in [0.25, 0.3) is 0 Å². The second kappa shape index (κ2) is 5.84. The van der Waals surface area contributed by atoms with Gasteiger partial charge in [0.05, 0.1) is 4.90 Å². The minimum atomic E-state index is -3.65. The van der Waals surface area contributed by atoms with Gasteiger partial charge < -0.3 is 0 Å². The molecule has 0 saturated carbocycles. The molecule has 1 unspecified atom stereocenters. The van der Waals surface area contributed by atoms with Crippen LogP contribution in [0.15, 0.2) is 34.2 Å². The van der Waals surface area contributed by atoms with Crippen LogP contribution in [-0.2, 0) is 14.8 Å². The molecule has 7 heteroatoms. The van der Waals surface area contributed by atoms with Crippen molar-refractivity contribution < 1.29 is 13.2 Å². The van der Waals surface area contributed by atoms with Crippen molar-refractivity contribution in [3.63, 3.8) is 0 Å². The van der Waals surface area contributed by atoms with Crippen LogP contribution in [0.2, 0.25) is 5.02 Å². The molecule has 0 aromatic heterocycles. The summed E-state index contributed by atoms with van der Waals surface area (Å²) in [5.41, 5.74) is 0. The van der Waals surface area contributed by atoms with Crippen molar-refractivity contribution in [3.8, 4) is 0 Å². The Morgan fingerprint density at radius 2 is 1.95 bits per heavy atom. The first-order chi connectivity index (χ1) is 9.05. The van der Waals surface area contributed by atoms with Crippen LogP contribution in [0, 0.1) is 0 Å². The van der Waals surface area contributed by atoms with Gasteiger partial charge in [0, 0.05) is 11.6 Å². The molecule has 2 rings (SSSR count). The number of hydrogen-bond donors (Lipinski definition) is 0. The smallest absolute Gasteiger partial charge is 0.211 e. The van der Waals surface area contributed by atoms with E-state index in [1.165, 1.54) is 34.7 Å². The fourth-order valence-corrected chi connectivity index (χ4v) is 3.82. The minimum Gasteiger partial charge on any atom is -0.211 e. The van der Waals surface area contributed by atoms with E-state index < -0.39 is 16.2 Å². The molecule has 1 saturated heterocycles. The molecule has 1 aliphatic rings. The molecule has 0 aliphatic carbocycles. The van der Waals surface area contributed by atoms with Crippen LogP contribution in [0.25, 0.3) is 0 Å². The maximum absolute atomic E-state index is 12.5. The Balaban J connectivity index is 2.36. The number of rotatable bonds is 3. The van der Waals surface area contributed by atoms with Crippen LogP contribution in [0.5, 0.6) is 0 Å². The Morgan fingerprint density at radius 3 is 2.58 bits per heavy atom. The minimum absolute atomic E-state index is 0.157. The summed E-state index contributed by atoms with van der Waals surface area (Å²) < 4.78 is 26.2. The van der Waals surface area contributed by atoms with Gasteiger partial charge in [-0.3, -0.25) is 0 Å². The zero-order valence-corrected chi connectivity index (χ0v) is 11.7. The van der Waals surface area contributed by atoms with Gasteiger partial charge in [-0.25, -0.2) is 13.2 Å². The van der Waals surface area contributed by atoms with Gasteiger partial charge >= 0.3 is 0 Å². The average molecular weight is 301 g/mol. The Labute approximate surface area is 116 Å². The van der Waals surface area contributed by atoms with Gasteiger partial charge in [0.2, 0.25) is 16.1 Å². The van der Waals surface area contributed by atoms with Gasteiger partial charge in [0.1, 0.15) is 6.17 Å². The normalized spacial score (nSPS) is 20.8. The van der Waals surface area contributed by atoms with Gasteiger partial charge in [-0.05, 0) is 43.5 Å². The zero-order valence-electron chi connectivity index (χ0n) is 10.1. The van der Waals surface area contributed by atoms with Crippen LogP contribution in [-0.4, -0.2) is 31.5 Å². The van der Waals surface area contributed by atoms with Crippen LogP contribution in [0.1, 0.15) is 19.3 Å². The fourth-order valence-electron chi connectivity index (χ4n) is 2.10. The Morgan fingerprint density at radius 1 is 1.26 bits per heavy atom. The summed E-state index contributed by atoms with van der Waals surface area (Å²) in [6.45, 7) is 0.362. The van der Waals surface area contributed by atoms with Gasteiger partial charge in [-0.2, -0.15) is 9.30 Å². The summed E-state index contributed by atoms with van der Waals surface area (Å²) in [5.74, 6) is 0. The van der Waals surface area contributed by atoms with Crippen molar-refractivity contribution in [1.82, 2.24) is 4.31 Å². The number of nitrogens with zero attached hydrogens (tertiary/aromatic N) is 2. The molecule has 1 aromatic rings. The van der Waals surface area contributed by atoms with E-state index in [-0.39, 0.29) is 4.90 Å². The standard InChI is InChI=1S/C12H13ClN2O3S/c13-10-4-6-11(7-5-10)19(17,18)15-8-2-1-3-12(15)14-9-16/h4-7,12H,1-3,8H2. The molecular weight excluding hydrogens is 288 g/mol. The number of halogens is 1. The second-order valence-electron chi connectivity index (χ2n) is 4.27. The van der Waals surface area contributed by atoms with E-state index in [4.69, 9.17) is 11.6 Å². The zero-order chi connectivity index (χ0) is 13.9. The van der Waals surface area contributed by atoms with E-state index in [1.807, 2.05) is 0 Å². The quantitative estimate of drug-likeness (QED) is 0.635. The third-order valence-corrected chi connectivity index (χ3v) is 5.21. The molecule has 1 atom stereocenters. The molecule has 0 radical (unpaired) electrons. The molecule has 1 fully saturated rings. The summed E-state index contributed by atoms with van der Waals surface area (Å²) in [5, 5.41) is 0.472. The van der Waals surface area contributed by atoms with Crippen molar-refractivity contribution in [2.45, 2.75) is 30.3 Å². The van der Waals surface area contributed by atoms with E-state index in [0.717, 1.165) is 12.8 Å². The van der Waals surface area contributed by atoms with Gasteiger partial charge in [-0.15, -0.1) is 0 Å². The molecule has 0 spiro atoms. The summed E-state index contributed by atoms with van der Waals surface area (Å²) >= 11 is 5.75. The van der Waals surface area contributed by atoms with E-state index in [0.29, 0.717) is 18.0 Å². The lowest BCUT2D eigenvalue weighted by atomic mass is 10.1. The summed E-state index contributed by atoms with van der Waals surface area (Å²) in [6.07, 6.45) is 2.96. The Kier molecular flexibility index (Phi) is 4.37. The van der Waals surface area contributed by atoms with E-state index in [2.05, 4.69) is 4.99 Å². The molecule has 19 heavy (non-hydrogen) atoms. The van der Waals surface area contributed by atoms with Crippen LogP contribution >= 0.6 is 11.6 Å². The van der Waals surface area contributed by atoms with Crippen LogP contribution < -0.4 is 0 Å². The van der Waals surface area contributed by atoms with Crippen LogP contribution in [0.3, 0.4) is 0 Å². The molecule has 5 nitrogen and oxygen atoms in total. The summed E-state index contributed by atoms with van der Waals surface area (Å²) in [7, 11) is -3.65. The highest BCUT2D eigenvalue weighted by Gasteiger charge is 2.33. The van der Waals surface area contributed by atoms with Crippen molar-refractivity contribution in [2.75, 3.05) is 6.54 Å². The largest absolute Gasteiger partial charge is 0.244 e. The third kappa shape index (κ3) is 3.04. The van der Waals surface area contributed by atoms with Crippen molar-refractivity contribution >= 4 is 27.7 Å². The highest BCUT2D eigenvalue weighted by molar-refractivity contribution is 7.89. The Bertz CT molecular complexity index is 594. The summed E-state index contributed by atoms with van der Waals surface area (Å²) in [6, 6.07) is 5.95. The first-order valence-corrected chi connectivity index (χ1v) is 7.72. The maximum atomic E-state index is 12.5. The highest BCUT2D eigenvalue weighted by Crippen LogP contribution is 2.26. The van der Waals surface area contributed by atoms with Gasteiger partial charge in [0.15, 0.2) is 0 Å². The second-order valence-corrected chi connectivity index (χ2v) is 6.59. The van der Waals surface area contributed by atoms with Gasteiger partial charge in [-0.1, -0.05) is 11.6 Å². The molecule has 102 valence electrons. The monoisotopic (exact) mass is 300 g/mol. The average Bonchev–Trinajstić information content (AvgIpc) is 2.40. The number of carbonyl (C=O) groups excluding carboxylic acids is 1. The lowest BCUT2D eigenvalue weighted by Crippen LogP contribution is -2.42. The lowest BCUT2D eigenvalue weighted by molar-refractivity contribution is 0.259. The number of piperidine rings is 1. The maximum Gasteiger partial charge on any atom is 0.244 e. The van der Waals surface area contributed by atoms with E-state index >= 15 is 0 Å². The van der Waals surface area contributed by atoms with Crippen molar-refractivity contribution in [2.24, 2.45) is 4.99 Å². The molecule has 1 aliphatic heterocycles. The number of aliphatic imine (C=N–C) groups is 1. The number of isocyanates is 1. The van der Waals surface area contributed by atoms with E-state index in [9.17, 15) is 13.2 Å². The fraction of sp³-hybridized carbons (Fsp3) is 0.417. The highest BCUT2D eigenvalue weighted by atomic mass is 35.5. The van der Waals surface area contributed by atoms with Crippen LogP contribution in [0.4, 0.5) is 0 Å².